The van der Waals surface area contributed by atoms with Crippen LogP contribution in [0.1, 0.15) is 29.2 Å². The number of aryl methyl sites for hydroxylation is 2. The quantitative estimate of drug-likeness (QED) is 0.105. The summed E-state index contributed by atoms with van der Waals surface area (Å²) in [5.74, 6) is 2.70. The number of non-ortho nitro benzene ring substituents is 1. The number of carbonyl (C=O) groups excluding carboxylic acids is 2. The number of anilines is 4. The van der Waals surface area contributed by atoms with E-state index in [9.17, 15) is 28.5 Å². The van der Waals surface area contributed by atoms with Gasteiger partial charge in [-0.15, -0.1) is 0 Å². The molecule has 3 amide bonds. The summed E-state index contributed by atoms with van der Waals surface area (Å²) in [6, 6.07) is 34.5. The first-order valence-corrected chi connectivity index (χ1v) is 23.1. The lowest BCUT2D eigenvalue weighted by molar-refractivity contribution is -0.384. The fourth-order valence-electron chi connectivity index (χ4n) is 8.74. The van der Waals surface area contributed by atoms with E-state index in [1.54, 1.807) is 24.3 Å². The first-order valence-electron chi connectivity index (χ1n) is 23.1. The minimum atomic E-state index is -0.575. The maximum absolute atomic E-state index is 13.6. The largest absolute Gasteiger partial charge is 0.415 e. The van der Waals surface area contributed by atoms with Gasteiger partial charge in [0, 0.05) is 79.9 Å². The van der Waals surface area contributed by atoms with Gasteiger partial charge in [0.15, 0.2) is 0 Å². The molecule has 0 saturated carbocycles. The number of benzene rings is 5. The molecule has 0 aliphatic carbocycles. The lowest BCUT2D eigenvalue weighted by Gasteiger charge is -2.32. The number of nitrogens with zero attached hydrogens (tertiary/aromatic N) is 9. The van der Waals surface area contributed by atoms with Crippen molar-refractivity contribution < 1.29 is 28.0 Å². The number of hydrogen-bond acceptors (Lipinski definition) is 10. The van der Waals surface area contributed by atoms with E-state index < -0.39 is 11.0 Å². The van der Waals surface area contributed by atoms with Gasteiger partial charge in [0.2, 0.25) is 0 Å². The lowest BCUT2D eigenvalue weighted by Crippen LogP contribution is -2.46. The number of nitro benzene ring substituents is 1. The van der Waals surface area contributed by atoms with Crippen LogP contribution in [0.25, 0.3) is 22.5 Å². The van der Waals surface area contributed by atoms with E-state index in [1.165, 1.54) is 59.0 Å². The maximum atomic E-state index is 13.6. The third-order valence-corrected chi connectivity index (χ3v) is 12.8. The van der Waals surface area contributed by atoms with Gasteiger partial charge in [-0.05, 0) is 119 Å². The number of urea groups is 1. The Morgan fingerprint density at radius 3 is 1.57 bits per heavy atom. The van der Waals surface area contributed by atoms with Crippen molar-refractivity contribution in [2.45, 2.75) is 52.5 Å². The Bertz CT molecular complexity index is 3000. The molecular formula is C52H53F2N11O5. The van der Waals surface area contributed by atoms with Crippen LogP contribution in [0.3, 0.4) is 0 Å². The molecule has 1 unspecified atom stereocenters. The highest BCUT2D eigenvalue weighted by Crippen LogP contribution is 2.36. The molecular weight excluding hydrogens is 897 g/mol. The van der Waals surface area contributed by atoms with E-state index in [4.69, 9.17) is 14.7 Å². The Hall–Kier alpha value is -8.12. The normalized spacial score (nSPS) is 15.2. The molecule has 5 heterocycles. The Morgan fingerprint density at radius 1 is 0.643 bits per heavy atom. The van der Waals surface area contributed by atoms with E-state index >= 15 is 0 Å². The third kappa shape index (κ3) is 10.5. The van der Waals surface area contributed by atoms with Crippen LogP contribution < -0.4 is 15.4 Å². The minimum Gasteiger partial charge on any atom is -0.410 e. The van der Waals surface area contributed by atoms with Crippen molar-refractivity contribution in [3.05, 3.63) is 166 Å². The van der Waals surface area contributed by atoms with E-state index in [0.29, 0.717) is 50.3 Å². The number of amides is 3. The second-order valence-corrected chi connectivity index (χ2v) is 17.8. The average molecular weight is 950 g/mol. The van der Waals surface area contributed by atoms with Gasteiger partial charge in [0.25, 0.3) is 5.69 Å². The zero-order valence-corrected chi connectivity index (χ0v) is 39.3. The monoisotopic (exact) mass is 949 g/mol. The molecule has 0 spiro atoms. The van der Waals surface area contributed by atoms with Crippen LogP contribution in [0.5, 0.6) is 5.75 Å². The molecule has 3 aliphatic rings. The van der Waals surface area contributed by atoms with E-state index in [-0.39, 0.29) is 35.6 Å². The van der Waals surface area contributed by atoms with Gasteiger partial charge in [-0.1, -0.05) is 35.4 Å². The van der Waals surface area contributed by atoms with E-state index in [2.05, 4.69) is 53.3 Å². The van der Waals surface area contributed by atoms with Gasteiger partial charge in [-0.3, -0.25) is 15.0 Å². The molecule has 1 fully saturated rings. The summed E-state index contributed by atoms with van der Waals surface area (Å²) in [6.45, 7) is 8.38. The van der Waals surface area contributed by atoms with Crippen molar-refractivity contribution in [2.24, 2.45) is 0 Å². The highest BCUT2D eigenvalue weighted by molar-refractivity contribution is 5.79. The number of likely N-dealkylation sites (N-methyl/N-ethyl adjacent to an activating group) is 1. The number of rotatable bonds is 9. The summed E-state index contributed by atoms with van der Waals surface area (Å²) >= 11 is 0. The third-order valence-electron chi connectivity index (χ3n) is 12.8. The number of hydrogen-bond donors (Lipinski definition) is 2. The molecule has 1 saturated heterocycles. The number of aromatic nitrogens is 4. The molecule has 5 aromatic carbocycles. The van der Waals surface area contributed by atoms with Crippen molar-refractivity contribution in [2.75, 3.05) is 50.9 Å². The summed E-state index contributed by atoms with van der Waals surface area (Å²) in [6.07, 6.45) is 0.426. The second-order valence-electron chi connectivity index (χ2n) is 17.8. The van der Waals surface area contributed by atoms with Crippen molar-refractivity contribution in [1.29, 1.82) is 0 Å². The summed E-state index contributed by atoms with van der Waals surface area (Å²) in [5, 5.41) is 17.8. The molecule has 3 aliphatic heterocycles. The molecule has 16 nitrogen and oxygen atoms in total. The minimum absolute atomic E-state index is 0.0787. The first kappa shape index (κ1) is 47.0. The Kier molecular flexibility index (Phi) is 13.6. The summed E-state index contributed by atoms with van der Waals surface area (Å²) in [7, 11) is 4.13. The topological polar surface area (TPSA) is 159 Å². The van der Waals surface area contributed by atoms with Gasteiger partial charge in [-0.2, -0.15) is 0 Å². The highest BCUT2D eigenvalue weighted by Gasteiger charge is 2.34. The molecule has 360 valence electrons. The van der Waals surface area contributed by atoms with Gasteiger partial charge in [-0.25, -0.2) is 28.3 Å². The second kappa shape index (κ2) is 20.2. The van der Waals surface area contributed by atoms with Crippen molar-refractivity contribution in [3.8, 4) is 28.3 Å². The van der Waals surface area contributed by atoms with Crippen LogP contribution in [0.15, 0.2) is 121 Å². The fraction of sp³-hybridized carbons (Fsp3) is 0.269. The van der Waals surface area contributed by atoms with Crippen LogP contribution >= 0.6 is 0 Å². The first-order chi connectivity index (χ1) is 33.8. The van der Waals surface area contributed by atoms with Crippen LogP contribution in [0.4, 0.5) is 47.1 Å². The van der Waals surface area contributed by atoms with Crippen molar-refractivity contribution >= 4 is 40.8 Å². The highest BCUT2D eigenvalue weighted by atomic mass is 19.1. The molecule has 0 radical (unpaired) electrons. The SMILES string of the molecule is Cc1ccc(Nc2c(-c3ccc(F)cc3)nc3n2CCN(C(=O)N2CCC(N(C)C)C2)C3)cc1.Cc1ccc(Nc2c(-c3ccc(F)cc3)nc3n2CCN(C(=O)Oc2ccc([N+](=O)[O-])cc2)C3)cc1. The zero-order chi connectivity index (χ0) is 49.1. The van der Waals surface area contributed by atoms with Crippen LogP contribution in [-0.2, 0) is 26.2 Å². The molecule has 18 heteroatoms. The smallest absolute Gasteiger partial charge is 0.410 e. The number of nitrogens with one attached hydrogen (secondary N) is 2. The molecule has 1 atom stereocenters. The van der Waals surface area contributed by atoms with Crippen molar-refractivity contribution in [1.82, 2.24) is 38.7 Å². The molecule has 2 N–H and O–H groups in total. The predicted molar refractivity (Wildman–Crippen MR) is 263 cm³/mol. The average Bonchev–Trinajstić information content (AvgIpc) is 4.10. The zero-order valence-electron chi connectivity index (χ0n) is 39.3. The number of fused-ring (bicyclic) bond motifs is 2. The molecule has 0 bridgehead atoms. The van der Waals surface area contributed by atoms with Crippen LogP contribution in [0, 0.1) is 35.6 Å². The predicted octanol–water partition coefficient (Wildman–Crippen LogP) is 9.98. The summed E-state index contributed by atoms with van der Waals surface area (Å²) in [5.41, 5.74) is 7.07. The van der Waals surface area contributed by atoms with Crippen LogP contribution in [-0.4, -0.2) is 102 Å². The van der Waals surface area contributed by atoms with E-state index in [1.807, 2.05) is 57.7 Å². The lowest BCUT2D eigenvalue weighted by atomic mass is 10.1. The van der Waals surface area contributed by atoms with Gasteiger partial charge in [0.05, 0.1) is 18.0 Å². The Labute approximate surface area is 403 Å². The molecule has 70 heavy (non-hydrogen) atoms. The number of nitro groups is 1. The molecule has 10 rings (SSSR count). The number of halogens is 2. The van der Waals surface area contributed by atoms with Crippen molar-refractivity contribution in [3.63, 3.8) is 0 Å². The number of likely N-dealkylation sites (tertiary alicyclic amines) is 1. The number of imidazole rings is 2. The molecule has 2 aromatic heterocycles. The summed E-state index contributed by atoms with van der Waals surface area (Å²) in [4.78, 5) is 53.6. The van der Waals surface area contributed by atoms with Gasteiger partial charge in [0.1, 0.15) is 52.1 Å². The standard InChI is InChI=1S/C26H31FN6O.C26H22FN5O4/c1-18-4-10-21(11-5-18)28-25-24(19-6-8-20(27)9-7-19)29-23-17-32(14-15-33(23)25)26(34)31-13-12-22(16-31)30(2)3;1-17-2-8-20(9-3-17)28-25-24(18-4-6-19(27)7-5-18)29-23-16-30(14-15-31(23)25)26(33)36-22-12-10-21(11-13-22)32(34)35/h4-11,22,28H,12-17H2,1-3H3;2-13,28H,14-16H2,1H3. The van der Waals surface area contributed by atoms with Crippen LogP contribution in [0.2, 0.25) is 0 Å². The number of carbonyl (C=O) groups is 2. The van der Waals surface area contributed by atoms with Gasteiger partial charge < -0.3 is 39.2 Å². The summed E-state index contributed by atoms with van der Waals surface area (Å²) < 4.78 is 36.7. The number of ether oxygens (including phenoxy) is 1. The maximum Gasteiger partial charge on any atom is 0.415 e. The Morgan fingerprint density at radius 2 is 1.11 bits per heavy atom. The molecule has 7 aromatic rings. The van der Waals surface area contributed by atoms with Gasteiger partial charge >= 0.3 is 12.1 Å². The van der Waals surface area contributed by atoms with E-state index in [0.717, 1.165) is 70.7 Å². The fourth-order valence-corrected chi connectivity index (χ4v) is 8.74. The Balaban J connectivity index is 0.000000174.